The molecule has 29 heavy (non-hydrogen) atoms. The number of carbonyl (C=O) groups excluding carboxylic acids is 3. The average molecular weight is 410 g/mol. The first-order valence-corrected chi connectivity index (χ1v) is 10.1. The zero-order valence-corrected chi connectivity index (χ0v) is 17.6. The summed E-state index contributed by atoms with van der Waals surface area (Å²) < 4.78 is 22.9. The highest BCUT2D eigenvalue weighted by atomic mass is 16.7. The first-order valence-electron chi connectivity index (χ1n) is 10.1. The Labute approximate surface area is 170 Å². The van der Waals surface area contributed by atoms with Gasteiger partial charge >= 0.3 is 17.9 Å². The Kier molecular flexibility index (Phi) is 5.55. The van der Waals surface area contributed by atoms with Crippen LogP contribution in [0.1, 0.15) is 53.9 Å². The summed E-state index contributed by atoms with van der Waals surface area (Å²) in [5.41, 5.74) is -0.876. The predicted octanol–water partition coefficient (Wildman–Crippen LogP) is 1.88. The second-order valence-electron chi connectivity index (χ2n) is 9.03. The van der Waals surface area contributed by atoms with E-state index in [0.29, 0.717) is 6.42 Å². The Hall–Kier alpha value is -1.93. The fourth-order valence-electron chi connectivity index (χ4n) is 4.60. The highest BCUT2D eigenvalue weighted by molar-refractivity contribution is 5.91. The summed E-state index contributed by atoms with van der Waals surface area (Å²) in [5.74, 6) is -4.36. The van der Waals surface area contributed by atoms with Crippen molar-refractivity contribution < 1.29 is 38.4 Å². The lowest BCUT2D eigenvalue weighted by Gasteiger charge is -2.35. The monoisotopic (exact) mass is 410 g/mol. The third-order valence-electron chi connectivity index (χ3n) is 6.30. The van der Waals surface area contributed by atoms with Crippen LogP contribution in [0.15, 0.2) is 12.2 Å². The smallest absolute Gasteiger partial charge is 0.334 e. The van der Waals surface area contributed by atoms with Crippen molar-refractivity contribution in [1.82, 2.24) is 0 Å². The first kappa shape index (κ1) is 21.8. The number of hydrogen-bond donors (Lipinski definition) is 1. The van der Waals surface area contributed by atoms with Crippen molar-refractivity contribution in [3.63, 3.8) is 0 Å². The Morgan fingerprint density at radius 1 is 1.28 bits per heavy atom. The van der Waals surface area contributed by atoms with E-state index in [0.717, 1.165) is 0 Å². The van der Waals surface area contributed by atoms with Crippen LogP contribution in [0.25, 0.3) is 0 Å². The molecule has 2 bridgehead atoms. The maximum atomic E-state index is 12.4. The molecule has 0 radical (unpaired) electrons. The molecule has 3 fully saturated rings. The van der Waals surface area contributed by atoms with E-state index in [1.807, 2.05) is 0 Å². The van der Waals surface area contributed by atoms with E-state index in [4.69, 9.17) is 18.9 Å². The van der Waals surface area contributed by atoms with Gasteiger partial charge in [0.25, 0.3) is 0 Å². The number of carbonyl (C=O) groups is 3. The van der Waals surface area contributed by atoms with Crippen LogP contribution in [0, 0.1) is 17.8 Å². The molecule has 3 aliphatic rings. The number of aliphatic hydroxyl groups is 1. The summed E-state index contributed by atoms with van der Waals surface area (Å²) in [6.45, 7) is 12.1. The third-order valence-corrected chi connectivity index (χ3v) is 6.30. The van der Waals surface area contributed by atoms with E-state index >= 15 is 0 Å². The van der Waals surface area contributed by atoms with Crippen molar-refractivity contribution in [2.45, 2.75) is 83.6 Å². The summed E-state index contributed by atoms with van der Waals surface area (Å²) in [5, 5.41) is 11.2. The van der Waals surface area contributed by atoms with Gasteiger partial charge in [-0.25, -0.2) is 4.79 Å². The summed E-state index contributed by atoms with van der Waals surface area (Å²) in [6, 6.07) is 0. The average Bonchev–Trinajstić information content (AvgIpc) is 3.00. The lowest BCUT2D eigenvalue weighted by atomic mass is 9.77. The minimum atomic E-state index is -1.56. The van der Waals surface area contributed by atoms with Gasteiger partial charge in [0.05, 0.1) is 11.8 Å². The number of esters is 3. The van der Waals surface area contributed by atoms with Crippen molar-refractivity contribution in [2.24, 2.45) is 17.8 Å². The first-order chi connectivity index (χ1) is 13.4. The number of hydrogen-bond acceptors (Lipinski definition) is 8. The molecule has 3 saturated heterocycles. The number of rotatable bonds is 3. The molecule has 8 nitrogen and oxygen atoms in total. The van der Waals surface area contributed by atoms with Gasteiger partial charge in [-0.1, -0.05) is 27.4 Å². The number of ether oxygens (including phenoxy) is 4. The van der Waals surface area contributed by atoms with E-state index in [9.17, 15) is 19.5 Å². The van der Waals surface area contributed by atoms with Gasteiger partial charge in [-0.3, -0.25) is 9.59 Å². The van der Waals surface area contributed by atoms with Crippen LogP contribution in [-0.2, 0) is 33.3 Å². The Bertz CT molecular complexity index is 730. The molecule has 1 N–H and O–H groups in total. The van der Waals surface area contributed by atoms with Crippen LogP contribution in [0.4, 0.5) is 0 Å². The zero-order valence-electron chi connectivity index (χ0n) is 17.6. The largest absolute Gasteiger partial charge is 0.461 e. The molecule has 0 aromatic rings. The molecule has 0 aromatic carbocycles. The molecule has 0 unspecified atom stereocenters. The summed E-state index contributed by atoms with van der Waals surface area (Å²) >= 11 is 0. The quantitative estimate of drug-likeness (QED) is 0.427. The molecule has 0 saturated carbocycles. The zero-order chi connectivity index (χ0) is 21.7. The summed E-state index contributed by atoms with van der Waals surface area (Å²) in [4.78, 5) is 36.3. The molecule has 0 aliphatic carbocycles. The molecule has 0 spiro atoms. The van der Waals surface area contributed by atoms with E-state index in [1.54, 1.807) is 27.7 Å². The minimum absolute atomic E-state index is 0.0847. The van der Waals surface area contributed by atoms with Crippen molar-refractivity contribution in [3.05, 3.63) is 12.2 Å². The highest BCUT2D eigenvalue weighted by Crippen LogP contribution is 2.50. The second-order valence-corrected chi connectivity index (χ2v) is 9.03. The van der Waals surface area contributed by atoms with Gasteiger partial charge in [0.15, 0.2) is 5.79 Å². The standard InChI is InChI=1S/C21H30O8/c1-10(2)18(23)28-15-8-20(6)16(26-13(5)22)9-21(25,29-20)11(3)7-14-17(15)12(4)19(24)27-14/h10-11,14-17,25H,4,7-9H2,1-3,5-6H3/t11-,14+,15+,16+,17-,20+,21-/m0/s1. The van der Waals surface area contributed by atoms with Crippen LogP contribution in [0.3, 0.4) is 0 Å². The molecular formula is C21H30O8. The molecule has 0 aromatic heterocycles. The molecule has 0 amide bonds. The highest BCUT2D eigenvalue weighted by Gasteiger charge is 2.61. The van der Waals surface area contributed by atoms with Crippen LogP contribution >= 0.6 is 0 Å². The summed E-state index contributed by atoms with van der Waals surface area (Å²) in [6.07, 6.45) is -1.58. The third kappa shape index (κ3) is 3.92. The molecule has 3 rings (SSSR count). The van der Waals surface area contributed by atoms with E-state index in [2.05, 4.69) is 6.58 Å². The minimum Gasteiger partial charge on any atom is -0.461 e. The van der Waals surface area contributed by atoms with Crippen molar-refractivity contribution in [1.29, 1.82) is 0 Å². The topological polar surface area (TPSA) is 108 Å². The van der Waals surface area contributed by atoms with E-state index < -0.39 is 59.4 Å². The van der Waals surface area contributed by atoms with Gasteiger partial charge < -0.3 is 24.1 Å². The molecule has 3 heterocycles. The second kappa shape index (κ2) is 7.40. The predicted molar refractivity (Wildman–Crippen MR) is 100 cm³/mol. The Morgan fingerprint density at radius 2 is 1.93 bits per heavy atom. The molecule has 162 valence electrons. The number of fused-ring (bicyclic) bond motifs is 3. The normalized spacial score (nSPS) is 41.8. The SMILES string of the molecule is C=C1C(=O)O[C@@H]2C[C@H](C)[C@]3(O)C[C@@H](OC(C)=O)[C@@](C)(C[C@@H](OC(=O)C(C)C)[C@@H]12)O3. The lowest BCUT2D eigenvalue weighted by Crippen LogP contribution is -2.46. The van der Waals surface area contributed by atoms with Crippen molar-refractivity contribution >= 4 is 17.9 Å². The van der Waals surface area contributed by atoms with Gasteiger partial charge in [-0.05, 0) is 13.3 Å². The van der Waals surface area contributed by atoms with Crippen molar-refractivity contribution in [3.8, 4) is 0 Å². The van der Waals surface area contributed by atoms with Crippen molar-refractivity contribution in [2.75, 3.05) is 0 Å². The van der Waals surface area contributed by atoms with Gasteiger partial charge in [0, 0.05) is 31.3 Å². The molecular weight excluding hydrogens is 380 g/mol. The molecule has 8 heteroatoms. The lowest BCUT2D eigenvalue weighted by molar-refractivity contribution is -0.253. The van der Waals surface area contributed by atoms with E-state index in [-0.39, 0.29) is 24.3 Å². The summed E-state index contributed by atoms with van der Waals surface area (Å²) in [7, 11) is 0. The van der Waals surface area contributed by atoms with Crippen LogP contribution in [0.2, 0.25) is 0 Å². The molecule has 7 atom stereocenters. The van der Waals surface area contributed by atoms with Gasteiger partial charge in [0.1, 0.15) is 23.9 Å². The Balaban J connectivity index is 2.03. The van der Waals surface area contributed by atoms with Gasteiger partial charge in [-0.15, -0.1) is 0 Å². The van der Waals surface area contributed by atoms with E-state index in [1.165, 1.54) is 6.92 Å². The van der Waals surface area contributed by atoms with Crippen LogP contribution < -0.4 is 0 Å². The molecule has 3 aliphatic heterocycles. The maximum absolute atomic E-state index is 12.4. The fourth-order valence-corrected chi connectivity index (χ4v) is 4.60. The van der Waals surface area contributed by atoms with Crippen LogP contribution in [-0.4, -0.2) is 52.7 Å². The van der Waals surface area contributed by atoms with Gasteiger partial charge in [0.2, 0.25) is 0 Å². The van der Waals surface area contributed by atoms with Crippen LogP contribution in [0.5, 0.6) is 0 Å². The fraction of sp³-hybridized carbons (Fsp3) is 0.762. The maximum Gasteiger partial charge on any atom is 0.334 e. The van der Waals surface area contributed by atoms with Gasteiger partial charge in [-0.2, -0.15) is 0 Å². The Morgan fingerprint density at radius 3 is 2.52 bits per heavy atom.